The minimum Gasteiger partial charge on any atom is -0.395 e. The van der Waals surface area contributed by atoms with E-state index in [0.29, 0.717) is 5.69 Å². The lowest BCUT2D eigenvalue weighted by atomic mass is 10.2. The van der Waals surface area contributed by atoms with Gasteiger partial charge in [0.05, 0.1) is 13.2 Å². The van der Waals surface area contributed by atoms with Crippen molar-refractivity contribution >= 4 is 11.4 Å². The second-order valence-corrected chi connectivity index (χ2v) is 4.18. The van der Waals surface area contributed by atoms with Gasteiger partial charge in [-0.1, -0.05) is 12.1 Å². The van der Waals surface area contributed by atoms with Gasteiger partial charge in [0, 0.05) is 38.4 Å². The van der Waals surface area contributed by atoms with E-state index in [0.717, 1.165) is 32.7 Å². The predicted octanol–water partition coefficient (Wildman–Crippen LogP) is 1.35. The van der Waals surface area contributed by atoms with E-state index < -0.39 is 0 Å². The Balaban J connectivity index is 1.94. The van der Waals surface area contributed by atoms with Gasteiger partial charge >= 0.3 is 0 Å². The molecule has 0 unspecified atom stereocenters. The molecule has 1 N–H and O–H groups in total. The highest BCUT2D eigenvalue weighted by atomic mass is 16.3. The molecule has 2 rings (SSSR count). The molecule has 0 radical (unpaired) electrons. The van der Waals surface area contributed by atoms with Gasteiger partial charge in [0.15, 0.2) is 5.69 Å². The normalized spacial score (nSPS) is 16.8. The number of aliphatic hydroxyl groups is 1. The minimum absolute atomic E-state index is 0.236. The Morgan fingerprint density at radius 2 is 1.76 bits per heavy atom. The summed E-state index contributed by atoms with van der Waals surface area (Å²) >= 11 is 0. The van der Waals surface area contributed by atoms with Crippen molar-refractivity contribution in [2.24, 2.45) is 0 Å². The van der Waals surface area contributed by atoms with Crippen LogP contribution in [0.2, 0.25) is 0 Å². The topological polar surface area (TPSA) is 31.1 Å². The number of piperazine rings is 1. The Morgan fingerprint density at radius 3 is 2.29 bits per heavy atom. The number of rotatable bonds is 3. The van der Waals surface area contributed by atoms with E-state index >= 15 is 0 Å². The van der Waals surface area contributed by atoms with Crippen molar-refractivity contribution in [1.82, 2.24) is 4.90 Å². The fourth-order valence-corrected chi connectivity index (χ4v) is 2.11. The molecule has 1 heterocycles. The molecule has 1 aromatic carbocycles. The van der Waals surface area contributed by atoms with Crippen molar-refractivity contribution < 1.29 is 5.11 Å². The first-order valence-corrected chi connectivity index (χ1v) is 5.89. The lowest BCUT2D eigenvalue weighted by Gasteiger charge is -2.35. The van der Waals surface area contributed by atoms with Crippen LogP contribution in [0.4, 0.5) is 11.4 Å². The number of aliphatic hydroxyl groups excluding tert-OH is 1. The van der Waals surface area contributed by atoms with E-state index in [9.17, 15) is 0 Å². The Kier molecular flexibility index (Phi) is 3.97. The number of hydrogen-bond donors (Lipinski definition) is 1. The third-order valence-corrected chi connectivity index (χ3v) is 3.13. The van der Waals surface area contributed by atoms with Crippen LogP contribution < -0.4 is 4.90 Å². The molecule has 0 aliphatic carbocycles. The molecule has 4 nitrogen and oxygen atoms in total. The first kappa shape index (κ1) is 11.9. The summed E-state index contributed by atoms with van der Waals surface area (Å²) in [7, 11) is 0. The first-order valence-electron chi connectivity index (χ1n) is 5.89. The van der Waals surface area contributed by atoms with Crippen molar-refractivity contribution in [3.63, 3.8) is 0 Å². The van der Waals surface area contributed by atoms with Crippen LogP contribution in [0.3, 0.4) is 0 Å². The van der Waals surface area contributed by atoms with Crippen molar-refractivity contribution in [1.29, 1.82) is 0 Å². The summed E-state index contributed by atoms with van der Waals surface area (Å²) in [5.74, 6) is 0. The van der Waals surface area contributed by atoms with Gasteiger partial charge in [-0.25, -0.2) is 4.85 Å². The zero-order valence-corrected chi connectivity index (χ0v) is 9.84. The van der Waals surface area contributed by atoms with E-state index in [1.54, 1.807) is 0 Å². The van der Waals surface area contributed by atoms with Crippen LogP contribution in [0.25, 0.3) is 4.85 Å². The fourth-order valence-electron chi connectivity index (χ4n) is 2.11. The van der Waals surface area contributed by atoms with Gasteiger partial charge in [0.2, 0.25) is 0 Å². The van der Waals surface area contributed by atoms with Gasteiger partial charge in [0.25, 0.3) is 0 Å². The Labute approximate surface area is 102 Å². The summed E-state index contributed by atoms with van der Waals surface area (Å²) in [5.41, 5.74) is 1.87. The largest absolute Gasteiger partial charge is 0.395 e. The summed E-state index contributed by atoms with van der Waals surface area (Å²) in [6.45, 7) is 11.9. The molecule has 1 saturated heterocycles. The Morgan fingerprint density at radius 1 is 1.12 bits per heavy atom. The highest BCUT2D eigenvalue weighted by Gasteiger charge is 2.16. The second-order valence-electron chi connectivity index (χ2n) is 4.18. The number of hydrogen-bond acceptors (Lipinski definition) is 3. The summed E-state index contributed by atoms with van der Waals surface area (Å²) < 4.78 is 0. The molecule has 17 heavy (non-hydrogen) atoms. The molecular weight excluding hydrogens is 214 g/mol. The maximum absolute atomic E-state index is 8.88. The Hall–Kier alpha value is -1.57. The molecule has 0 aromatic heterocycles. The molecule has 90 valence electrons. The SMILES string of the molecule is [C-]#[N+]c1ccc(N2CCN(CCO)CC2)cc1. The number of benzene rings is 1. The third kappa shape index (κ3) is 2.96. The maximum atomic E-state index is 8.88. The molecule has 0 spiro atoms. The van der Waals surface area contributed by atoms with Crippen LogP contribution in [0.5, 0.6) is 0 Å². The standard InChI is InChI=1S/C13H17N3O/c1-14-12-2-4-13(5-3-12)16-8-6-15(7-9-16)10-11-17/h2-5,17H,6-11H2. The van der Waals surface area contributed by atoms with Crippen LogP contribution in [0, 0.1) is 6.57 Å². The van der Waals surface area contributed by atoms with E-state index in [-0.39, 0.29) is 6.61 Å². The van der Waals surface area contributed by atoms with Gasteiger partial charge in [-0.05, 0) is 12.1 Å². The van der Waals surface area contributed by atoms with Gasteiger partial charge in [-0.3, -0.25) is 4.90 Å². The van der Waals surface area contributed by atoms with Crippen molar-refractivity contribution in [2.75, 3.05) is 44.2 Å². The van der Waals surface area contributed by atoms with Crippen molar-refractivity contribution in [3.8, 4) is 0 Å². The van der Waals surface area contributed by atoms with E-state index in [1.807, 2.05) is 24.3 Å². The number of nitrogens with zero attached hydrogens (tertiary/aromatic N) is 3. The third-order valence-electron chi connectivity index (χ3n) is 3.13. The zero-order valence-electron chi connectivity index (χ0n) is 9.84. The van der Waals surface area contributed by atoms with E-state index in [4.69, 9.17) is 11.7 Å². The van der Waals surface area contributed by atoms with E-state index in [1.165, 1.54) is 5.69 Å². The van der Waals surface area contributed by atoms with Crippen molar-refractivity contribution in [3.05, 3.63) is 35.7 Å². The molecule has 0 saturated carbocycles. The summed E-state index contributed by atoms with van der Waals surface area (Å²) in [6.07, 6.45) is 0. The van der Waals surface area contributed by atoms with Crippen molar-refractivity contribution in [2.45, 2.75) is 0 Å². The first-order chi connectivity index (χ1) is 8.33. The molecule has 1 aliphatic rings. The Bertz CT molecular complexity index is 388. The molecular formula is C13H17N3O. The zero-order chi connectivity index (χ0) is 12.1. The maximum Gasteiger partial charge on any atom is 0.187 e. The average Bonchev–Trinajstić information content (AvgIpc) is 2.40. The van der Waals surface area contributed by atoms with Crippen LogP contribution in [-0.4, -0.2) is 49.3 Å². The van der Waals surface area contributed by atoms with Crippen LogP contribution in [-0.2, 0) is 0 Å². The van der Waals surface area contributed by atoms with Crippen LogP contribution in [0.1, 0.15) is 0 Å². The molecule has 0 amide bonds. The summed E-state index contributed by atoms with van der Waals surface area (Å²) in [5, 5.41) is 8.88. The summed E-state index contributed by atoms with van der Waals surface area (Å²) in [4.78, 5) is 7.98. The molecule has 4 heteroatoms. The van der Waals surface area contributed by atoms with E-state index in [2.05, 4.69) is 14.6 Å². The summed E-state index contributed by atoms with van der Waals surface area (Å²) in [6, 6.07) is 7.75. The highest BCUT2D eigenvalue weighted by Crippen LogP contribution is 2.20. The quantitative estimate of drug-likeness (QED) is 0.797. The molecule has 1 fully saturated rings. The minimum atomic E-state index is 0.236. The lowest BCUT2D eigenvalue weighted by molar-refractivity contribution is 0.189. The van der Waals surface area contributed by atoms with Gasteiger partial charge in [-0.15, -0.1) is 0 Å². The molecule has 0 bridgehead atoms. The fraction of sp³-hybridized carbons (Fsp3) is 0.462. The predicted molar refractivity (Wildman–Crippen MR) is 68.4 cm³/mol. The molecule has 1 aromatic rings. The van der Waals surface area contributed by atoms with Crippen LogP contribution >= 0.6 is 0 Å². The van der Waals surface area contributed by atoms with Gasteiger partial charge in [-0.2, -0.15) is 0 Å². The average molecular weight is 231 g/mol. The number of anilines is 1. The monoisotopic (exact) mass is 231 g/mol. The number of β-amino-alcohol motifs (C(OH)–C–C–N with tert-alkyl or cyclic N) is 1. The molecule has 1 aliphatic heterocycles. The lowest BCUT2D eigenvalue weighted by Crippen LogP contribution is -2.47. The van der Waals surface area contributed by atoms with Gasteiger partial charge in [0.1, 0.15) is 0 Å². The molecule has 0 atom stereocenters. The smallest absolute Gasteiger partial charge is 0.187 e. The second kappa shape index (κ2) is 5.67. The van der Waals surface area contributed by atoms with Gasteiger partial charge < -0.3 is 10.0 Å². The highest BCUT2D eigenvalue weighted by molar-refractivity contribution is 5.55. The van der Waals surface area contributed by atoms with Crippen LogP contribution in [0.15, 0.2) is 24.3 Å².